The molecule has 1 aliphatic heterocycles. The highest BCUT2D eigenvalue weighted by Gasteiger charge is 2.41. The summed E-state index contributed by atoms with van der Waals surface area (Å²) >= 11 is 0. The molecule has 5 nitrogen and oxygen atoms in total. The summed E-state index contributed by atoms with van der Waals surface area (Å²) in [5, 5.41) is 35.2. The summed E-state index contributed by atoms with van der Waals surface area (Å²) in [7, 11) is 0. The van der Waals surface area contributed by atoms with Crippen molar-refractivity contribution >= 4 is 0 Å². The van der Waals surface area contributed by atoms with Gasteiger partial charge in [-0.25, -0.2) is 0 Å². The van der Waals surface area contributed by atoms with E-state index in [0.29, 0.717) is 0 Å². The van der Waals surface area contributed by atoms with E-state index in [9.17, 15) is 0 Å². The lowest BCUT2D eigenvalue weighted by Crippen LogP contribution is -2.33. The maximum absolute atomic E-state index is 9.00. The van der Waals surface area contributed by atoms with E-state index in [4.69, 9.17) is 21.8 Å². The van der Waals surface area contributed by atoms with Crippen LogP contribution in [0.3, 0.4) is 0 Å². The Morgan fingerprint density at radius 2 is 1.90 bits per heavy atom. The molecule has 0 aromatic carbocycles. The Morgan fingerprint density at radius 1 is 1.30 bits per heavy atom. The minimum atomic E-state index is -2.00. The number of hydrogen-bond donors (Lipinski definition) is 4. The van der Waals surface area contributed by atoms with Gasteiger partial charge in [0.05, 0.1) is 7.98 Å². The van der Waals surface area contributed by atoms with Crippen LogP contribution in [-0.2, 0) is 4.74 Å². The van der Waals surface area contributed by atoms with Crippen molar-refractivity contribution in [3.8, 4) is 0 Å². The first-order valence-electron chi connectivity index (χ1n) is 3.34. The molecule has 1 saturated heterocycles. The molecule has 0 bridgehead atoms. The Morgan fingerprint density at radius 3 is 2.10 bits per heavy atom. The number of aliphatic hydroxyl groups is 4. The van der Waals surface area contributed by atoms with Crippen LogP contribution < -0.4 is 0 Å². The van der Waals surface area contributed by atoms with Gasteiger partial charge in [0, 0.05) is 0 Å². The highest BCUT2D eigenvalue weighted by molar-refractivity contribution is 4.84. The molecule has 4 atom stereocenters. The first-order chi connectivity index (χ1) is 5.01. The van der Waals surface area contributed by atoms with E-state index in [1.165, 1.54) is 0 Å². The van der Waals surface area contributed by atoms with Crippen LogP contribution in [0, 0.1) is 0 Å². The second kappa shape index (κ2) is 2.81. The van der Waals surface area contributed by atoms with Crippen molar-refractivity contribution in [1.29, 1.82) is 0 Å². The summed E-state index contributed by atoms with van der Waals surface area (Å²) in [6.07, 6.45) is -6.71. The Balaban J connectivity index is 2.73. The van der Waals surface area contributed by atoms with Crippen LogP contribution >= 0.6 is 0 Å². The van der Waals surface area contributed by atoms with E-state index in [1.54, 1.807) is 0 Å². The predicted octanol–water partition coefficient (Wildman–Crippen LogP) is -2.58. The van der Waals surface area contributed by atoms with E-state index >= 15 is 0 Å². The van der Waals surface area contributed by atoms with Crippen molar-refractivity contribution in [2.24, 2.45) is 0 Å². The largest absolute Gasteiger partial charge is 0.394 e. The molecule has 0 amide bonds. The molecule has 1 fully saturated rings. The molecular weight excluding hydrogens is 140 g/mol. The summed E-state index contributed by atoms with van der Waals surface area (Å²) in [5.74, 6) is 0. The van der Waals surface area contributed by atoms with E-state index in [1.807, 2.05) is 0 Å². The average Bonchev–Trinajstić information content (AvgIpc) is 2.17. The van der Waals surface area contributed by atoms with Gasteiger partial charge in [-0.1, -0.05) is 0 Å². The summed E-state index contributed by atoms with van der Waals surface area (Å²) in [6.45, 7) is -0.776. The zero-order valence-corrected chi connectivity index (χ0v) is 5.14. The highest BCUT2D eigenvalue weighted by Crippen LogP contribution is 2.18. The molecule has 10 heavy (non-hydrogen) atoms. The van der Waals surface area contributed by atoms with Gasteiger partial charge in [-0.15, -0.1) is 0 Å². The lowest BCUT2D eigenvalue weighted by Gasteiger charge is -2.09. The van der Waals surface area contributed by atoms with Gasteiger partial charge < -0.3 is 25.2 Å². The molecule has 0 aromatic heterocycles. The molecule has 1 rings (SSSR count). The average molecular weight is 151 g/mol. The third-order valence-corrected chi connectivity index (χ3v) is 1.37. The fourth-order valence-corrected chi connectivity index (χ4v) is 0.772. The van der Waals surface area contributed by atoms with Gasteiger partial charge in [0.1, 0.15) is 18.3 Å². The standard InChI is InChI=1S/C5H10O5/c6-1-2-3(7)4(8)5(9)10-2/h2-9H,1H2/t2-,3?,4+,5-/m1/s1/i2D. The van der Waals surface area contributed by atoms with Crippen molar-refractivity contribution in [3.63, 3.8) is 0 Å². The maximum atomic E-state index is 9.00. The van der Waals surface area contributed by atoms with Crippen LogP contribution in [0.2, 0.25) is 0 Å². The molecule has 0 saturated carbocycles. The lowest BCUT2D eigenvalue weighted by atomic mass is 10.1. The number of hydrogen-bond acceptors (Lipinski definition) is 5. The predicted molar refractivity (Wildman–Crippen MR) is 30.0 cm³/mol. The molecule has 1 aliphatic rings. The molecular formula is C5H10O5. The van der Waals surface area contributed by atoms with Gasteiger partial charge in [0.15, 0.2) is 6.29 Å². The van der Waals surface area contributed by atoms with Gasteiger partial charge in [-0.05, 0) is 0 Å². The van der Waals surface area contributed by atoms with E-state index in [2.05, 4.69) is 4.74 Å². The monoisotopic (exact) mass is 151 g/mol. The van der Waals surface area contributed by atoms with Gasteiger partial charge >= 0.3 is 0 Å². The zero-order valence-electron chi connectivity index (χ0n) is 6.14. The fourth-order valence-electron chi connectivity index (χ4n) is 0.772. The van der Waals surface area contributed by atoms with Crippen molar-refractivity contribution in [3.05, 3.63) is 0 Å². The molecule has 1 unspecified atom stereocenters. The van der Waals surface area contributed by atoms with Crippen LogP contribution in [-0.4, -0.2) is 51.6 Å². The normalized spacial score (nSPS) is 56.8. The van der Waals surface area contributed by atoms with Gasteiger partial charge in [0.25, 0.3) is 0 Å². The number of rotatable bonds is 1. The third-order valence-electron chi connectivity index (χ3n) is 1.37. The molecule has 0 radical (unpaired) electrons. The minimum Gasteiger partial charge on any atom is -0.394 e. The zero-order chi connectivity index (χ0) is 8.65. The summed E-state index contributed by atoms with van der Waals surface area (Å²) in [6, 6.07) is 0. The molecule has 0 spiro atoms. The Labute approximate surface area is 58.9 Å². The molecule has 0 aliphatic carbocycles. The smallest absolute Gasteiger partial charge is 0.184 e. The Kier molecular flexibility index (Phi) is 1.83. The molecule has 60 valence electrons. The first kappa shape index (κ1) is 6.51. The van der Waals surface area contributed by atoms with Gasteiger partial charge in [-0.3, -0.25) is 0 Å². The molecule has 1 heterocycles. The van der Waals surface area contributed by atoms with Crippen molar-refractivity contribution in [2.75, 3.05) is 6.61 Å². The number of ether oxygens (including phenoxy) is 1. The quantitative estimate of drug-likeness (QED) is 0.330. The van der Waals surface area contributed by atoms with Gasteiger partial charge in [0.2, 0.25) is 0 Å². The molecule has 5 heteroatoms. The summed E-state index contributed by atoms with van der Waals surface area (Å²) in [5.41, 5.74) is 0. The minimum absolute atomic E-state index is 0.776. The van der Waals surface area contributed by atoms with E-state index < -0.39 is 31.2 Å². The van der Waals surface area contributed by atoms with Crippen molar-refractivity contribution < 1.29 is 26.5 Å². The summed E-state index contributed by atoms with van der Waals surface area (Å²) < 4.78 is 11.5. The van der Waals surface area contributed by atoms with Crippen molar-refractivity contribution in [1.82, 2.24) is 0 Å². The van der Waals surface area contributed by atoms with E-state index in [0.717, 1.165) is 0 Å². The second-order valence-electron chi connectivity index (χ2n) is 2.07. The number of aliphatic hydroxyl groups excluding tert-OH is 4. The second-order valence-corrected chi connectivity index (χ2v) is 2.07. The maximum Gasteiger partial charge on any atom is 0.184 e. The van der Waals surface area contributed by atoms with Gasteiger partial charge in [-0.2, -0.15) is 0 Å². The SMILES string of the molecule is [2H][C@]1(CO)O[C@@H](O)[C@@H](O)C1O. The lowest BCUT2D eigenvalue weighted by molar-refractivity contribution is -0.132. The van der Waals surface area contributed by atoms with Crippen LogP contribution in [0.1, 0.15) is 1.37 Å². The molecule has 4 N–H and O–H groups in total. The highest BCUT2D eigenvalue weighted by atomic mass is 16.6. The Hall–Kier alpha value is -0.200. The summed E-state index contributed by atoms with van der Waals surface area (Å²) in [4.78, 5) is 0. The molecule has 0 aromatic rings. The van der Waals surface area contributed by atoms with Crippen LogP contribution in [0.4, 0.5) is 0 Å². The van der Waals surface area contributed by atoms with E-state index in [-0.39, 0.29) is 0 Å². The first-order valence-corrected chi connectivity index (χ1v) is 2.84. The van der Waals surface area contributed by atoms with Crippen LogP contribution in [0.25, 0.3) is 0 Å². The van der Waals surface area contributed by atoms with Crippen LogP contribution in [0.15, 0.2) is 0 Å². The van der Waals surface area contributed by atoms with Crippen molar-refractivity contribution in [2.45, 2.75) is 24.6 Å². The topological polar surface area (TPSA) is 90.2 Å². The fraction of sp³-hybridized carbons (Fsp3) is 1.00. The Bertz CT molecular complexity index is 154. The third kappa shape index (κ3) is 1.14. The van der Waals surface area contributed by atoms with Crippen LogP contribution in [0.5, 0.6) is 0 Å².